The molecule has 2 aromatic carbocycles. The third-order valence-corrected chi connectivity index (χ3v) is 3.52. The maximum Gasteiger partial charge on any atom is 0.228 e. The summed E-state index contributed by atoms with van der Waals surface area (Å²) in [5, 5.41) is 14.9. The fourth-order valence-electron chi connectivity index (χ4n) is 2.34. The lowest BCUT2D eigenvalue weighted by atomic mass is 10.1. The minimum Gasteiger partial charge on any atom is -0.340 e. The van der Waals surface area contributed by atoms with E-state index in [0.29, 0.717) is 23.5 Å². The normalized spacial score (nSPS) is 9.88. The third kappa shape index (κ3) is 4.66. The standard InChI is InChI=1S/C20H16N4O/c21-13-16-7-4-8-17(11-16)23-19-10-9-18(14-22-19)24-20(25)12-15-5-2-1-3-6-15/h1-11,14H,12H2,(H,22,23)(H,24,25). The van der Waals surface area contributed by atoms with Gasteiger partial charge in [-0.3, -0.25) is 4.79 Å². The summed E-state index contributed by atoms with van der Waals surface area (Å²) in [4.78, 5) is 16.3. The molecule has 1 amide bonds. The molecule has 0 fully saturated rings. The van der Waals surface area contributed by atoms with Gasteiger partial charge in [0.25, 0.3) is 0 Å². The quantitative estimate of drug-likeness (QED) is 0.745. The predicted octanol–water partition coefficient (Wildman–Crippen LogP) is 3.88. The van der Waals surface area contributed by atoms with Crippen molar-refractivity contribution in [1.82, 2.24) is 4.98 Å². The first-order valence-corrected chi connectivity index (χ1v) is 7.80. The van der Waals surface area contributed by atoms with Gasteiger partial charge in [0.05, 0.1) is 29.9 Å². The number of amides is 1. The van der Waals surface area contributed by atoms with Gasteiger partial charge in [-0.2, -0.15) is 5.26 Å². The Morgan fingerprint density at radius 3 is 2.56 bits per heavy atom. The van der Waals surface area contributed by atoms with E-state index in [1.807, 2.05) is 36.4 Å². The van der Waals surface area contributed by atoms with Crippen LogP contribution in [0.5, 0.6) is 0 Å². The van der Waals surface area contributed by atoms with E-state index >= 15 is 0 Å². The predicted molar refractivity (Wildman–Crippen MR) is 97.5 cm³/mol. The molecule has 0 aliphatic heterocycles. The van der Waals surface area contributed by atoms with Gasteiger partial charge in [0.1, 0.15) is 5.82 Å². The molecule has 0 aliphatic rings. The summed E-state index contributed by atoms with van der Waals surface area (Å²) in [6.07, 6.45) is 1.92. The Morgan fingerprint density at radius 1 is 1.00 bits per heavy atom. The molecule has 0 spiro atoms. The number of hydrogen-bond acceptors (Lipinski definition) is 4. The van der Waals surface area contributed by atoms with Crippen molar-refractivity contribution in [1.29, 1.82) is 5.26 Å². The first-order valence-electron chi connectivity index (χ1n) is 7.80. The highest BCUT2D eigenvalue weighted by Gasteiger charge is 2.04. The third-order valence-electron chi connectivity index (χ3n) is 3.52. The molecule has 3 aromatic rings. The number of nitriles is 1. The summed E-state index contributed by atoms with van der Waals surface area (Å²) in [5.41, 5.74) is 2.96. The van der Waals surface area contributed by atoms with E-state index in [9.17, 15) is 4.79 Å². The van der Waals surface area contributed by atoms with Crippen LogP contribution in [0.15, 0.2) is 72.9 Å². The molecule has 3 rings (SSSR count). The minimum absolute atomic E-state index is 0.0876. The number of aromatic nitrogens is 1. The van der Waals surface area contributed by atoms with Crippen LogP contribution in [0.25, 0.3) is 0 Å². The van der Waals surface area contributed by atoms with E-state index in [1.54, 1.807) is 36.5 Å². The summed E-state index contributed by atoms with van der Waals surface area (Å²) in [6, 6.07) is 22.4. The molecule has 0 atom stereocenters. The minimum atomic E-state index is -0.0876. The van der Waals surface area contributed by atoms with Crippen LogP contribution >= 0.6 is 0 Å². The Morgan fingerprint density at radius 2 is 1.84 bits per heavy atom. The molecule has 2 N–H and O–H groups in total. The summed E-state index contributed by atoms with van der Waals surface area (Å²) < 4.78 is 0. The number of carbonyl (C=O) groups excluding carboxylic acids is 1. The van der Waals surface area contributed by atoms with Crippen LogP contribution in [-0.4, -0.2) is 10.9 Å². The monoisotopic (exact) mass is 328 g/mol. The van der Waals surface area contributed by atoms with Gasteiger partial charge < -0.3 is 10.6 Å². The second-order valence-electron chi connectivity index (χ2n) is 5.46. The van der Waals surface area contributed by atoms with Crippen molar-refractivity contribution in [2.24, 2.45) is 0 Å². The fraction of sp³-hybridized carbons (Fsp3) is 0.0500. The SMILES string of the molecule is N#Cc1cccc(Nc2ccc(NC(=O)Cc3ccccc3)cn2)c1. The molecular weight excluding hydrogens is 312 g/mol. The highest BCUT2D eigenvalue weighted by molar-refractivity contribution is 5.92. The lowest BCUT2D eigenvalue weighted by Crippen LogP contribution is -2.14. The van der Waals surface area contributed by atoms with Crippen molar-refractivity contribution in [3.63, 3.8) is 0 Å². The van der Waals surface area contributed by atoms with E-state index in [2.05, 4.69) is 21.7 Å². The lowest BCUT2D eigenvalue weighted by Gasteiger charge is -2.08. The average molecular weight is 328 g/mol. The van der Waals surface area contributed by atoms with E-state index in [1.165, 1.54) is 0 Å². The van der Waals surface area contributed by atoms with Crippen LogP contribution in [0.4, 0.5) is 17.2 Å². The molecule has 0 bridgehead atoms. The molecular formula is C20H16N4O. The van der Waals surface area contributed by atoms with E-state index < -0.39 is 0 Å². The van der Waals surface area contributed by atoms with Gasteiger partial charge in [-0.25, -0.2) is 4.98 Å². The van der Waals surface area contributed by atoms with Crippen molar-refractivity contribution >= 4 is 23.1 Å². The first-order chi connectivity index (χ1) is 12.2. The van der Waals surface area contributed by atoms with Gasteiger partial charge in [-0.1, -0.05) is 36.4 Å². The molecule has 1 aromatic heterocycles. The fourth-order valence-corrected chi connectivity index (χ4v) is 2.34. The number of carbonyl (C=O) groups is 1. The van der Waals surface area contributed by atoms with Crippen LogP contribution in [-0.2, 0) is 11.2 Å². The molecule has 1 heterocycles. The summed E-state index contributed by atoms with van der Waals surface area (Å²) in [7, 11) is 0. The van der Waals surface area contributed by atoms with Gasteiger partial charge in [-0.15, -0.1) is 0 Å². The molecule has 122 valence electrons. The molecule has 0 radical (unpaired) electrons. The smallest absolute Gasteiger partial charge is 0.228 e. The Labute approximate surface area is 146 Å². The highest BCUT2D eigenvalue weighted by atomic mass is 16.1. The Balaban J connectivity index is 1.60. The maximum atomic E-state index is 12.0. The van der Waals surface area contributed by atoms with Crippen molar-refractivity contribution in [3.8, 4) is 6.07 Å². The molecule has 25 heavy (non-hydrogen) atoms. The van der Waals surface area contributed by atoms with E-state index in [-0.39, 0.29) is 5.91 Å². The largest absolute Gasteiger partial charge is 0.340 e. The maximum absolute atomic E-state index is 12.0. The van der Waals surface area contributed by atoms with Gasteiger partial charge in [0.2, 0.25) is 5.91 Å². The Bertz CT molecular complexity index is 899. The van der Waals surface area contributed by atoms with Crippen molar-refractivity contribution in [3.05, 3.63) is 84.1 Å². The number of anilines is 3. The van der Waals surface area contributed by atoms with Crippen LogP contribution in [0, 0.1) is 11.3 Å². The van der Waals surface area contributed by atoms with Gasteiger partial charge in [-0.05, 0) is 35.9 Å². The van der Waals surface area contributed by atoms with Crippen LogP contribution < -0.4 is 10.6 Å². The van der Waals surface area contributed by atoms with Gasteiger partial charge in [0, 0.05) is 5.69 Å². The number of pyridine rings is 1. The molecule has 5 heteroatoms. The zero-order valence-electron chi connectivity index (χ0n) is 13.4. The summed E-state index contributed by atoms with van der Waals surface area (Å²) in [6.45, 7) is 0. The van der Waals surface area contributed by atoms with Crippen molar-refractivity contribution in [2.75, 3.05) is 10.6 Å². The van der Waals surface area contributed by atoms with E-state index in [0.717, 1.165) is 11.3 Å². The second-order valence-corrected chi connectivity index (χ2v) is 5.46. The zero-order valence-corrected chi connectivity index (χ0v) is 13.4. The van der Waals surface area contributed by atoms with Crippen LogP contribution in [0.2, 0.25) is 0 Å². The first kappa shape index (κ1) is 16.2. The van der Waals surface area contributed by atoms with Crippen molar-refractivity contribution in [2.45, 2.75) is 6.42 Å². The number of benzene rings is 2. The molecule has 5 nitrogen and oxygen atoms in total. The Kier molecular flexibility index (Phi) is 5.03. The molecule has 0 saturated carbocycles. The lowest BCUT2D eigenvalue weighted by molar-refractivity contribution is -0.115. The summed E-state index contributed by atoms with van der Waals surface area (Å²) >= 11 is 0. The average Bonchev–Trinajstić information content (AvgIpc) is 2.64. The summed E-state index contributed by atoms with van der Waals surface area (Å²) in [5.74, 6) is 0.548. The zero-order chi connectivity index (χ0) is 17.5. The van der Waals surface area contributed by atoms with E-state index in [4.69, 9.17) is 5.26 Å². The van der Waals surface area contributed by atoms with Gasteiger partial charge >= 0.3 is 0 Å². The number of hydrogen-bond donors (Lipinski definition) is 2. The van der Waals surface area contributed by atoms with Crippen LogP contribution in [0.1, 0.15) is 11.1 Å². The van der Waals surface area contributed by atoms with Gasteiger partial charge in [0.15, 0.2) is 0 Å². The molecule has 0 unspecified atom stereocenters. The van der Waals surface area contributed by atoms with Crippen molar-refractivity contribution < 1.29 is 4.79 Å². The topological polar surface area (TPSA) is 77.8 Å². The molecule has 0 saturated heterocycles. The number of rotatable bonds is 5. The highest BCUT2D eigenvalue weighted by Crippen LogP contribution is 2.17. The molecule has 0 aliphatic carbocycles. The Hall–Kier alpha value is -3.65. The van der Waals surface area contributed by atoms with Crippen LogP contribution in [0.3, 0.4) is 0 Å². The number of nitrogens with zero attached hydrogens (tertiary/aromatic N) is 2. The second kappa shape index (κ2) is 7.75. The number of nitrogens with one attached hydrogen (secondary N) is 2.